The molecule has 1 amide bonds. The van der Waals surface area contributed by atoms with Gasteiger partial charge in [0.25, 0.3) is 5.91 Å². The van der Waals surface area contributed by atoms with Crippen LogP contribution in [-0.4, -0.2) is 66.5 Å². The summed E-state index contributed by atoms with van der Waals surface area (Å²) in [7, 11) is 0. The van der Waals surface area contributed by atoms with Gasteiger partial charge in [0, 0.05) is 62.2 Å². The third kappa shape index (κ3) is 6.73. The van der Waals surface area contributed by atoms with Crippen LogP contribution < -0.4 is 0 Å². The Kier molecular flexibility index (Phi) is 9.38. The number of ether oxygens (including phenoxy) is 2. The molecule has 35 heavy (non-hydrogen) atoms. The van der Waals surface area contributed by atoms with Crippen molar-refractivity contribution >= 4 is 21.8 Å². The highest BCUT2D eigenvalue weighted by Crippen LogP contribution is 2.40. The highest BCUT2D eigenvalue weighted by Gasteiger charge is 2.39. The number of hydrogen-bond donors (Lipinski definition) is 1. The van der Waals surface area contributed by atoms with E-state index in [0.29, 0.717) is 31.9 Å². The highest BCUT2D eigenvalue weighted by molar-refractivity contribution is 9.10. The molecule has 1 fully saturated rings. The van der Waals surface area contributed by atoms with Crippen molar-refractivity contribution in [3.63, 3.8) is 0 Å². The van der Waals surface area contributed by atoms with Crippen LogP contribution in [0.25, 0.3) is 0 Å². The van der Waals surface area contributed by atoms with E-state index in [0.717, 1.165) is 36.1 Å². The van der Waals surface area contributed by atoms with E-state index in [4.69, 9.17) is 9.47 Å². The number of aliphatic hydroxyl groups is 1. The van der Waals surface area contributed by atoms with Crippen LogP contribution in [0, 0.1) is 5.92 Å². The van der Waals surface area contributed by atoms with Gasteiger partial charge in [0.1, 0.15) is 0 Å². The number of carbonyl (C=O) groups excluding carboxylic acids is 1. The molecule has 0 radical (unpaired) electrons. The Balaban J connectivity index is 1.49. The summed E-state index contributed by atoms with van der Waals surface area (Å²) >= 11 is 3.51. The predicted octanol–water partition coefficient (Wildman–Crippen LogP) is 4.54. The van der Waals surface area contributed by atoms with Crippen LogP contribution in [0.15, 0.2) is 70.9 Å². The zero-order valence-electron chi connectivity index (χ0n) is 20.3. The van der Waals surface area contributed by atoms with Crippen LogP contribution in [-0.2, 0) is 20.8 Å². The zero-order valence-corrected chi connectivity index (χ0v) is 21.9. The summed E-state index contributed by atoms with van der Waals surface area (Å²) in [5.41, 5.74) is 2.40. The highest BCUT2D eigenvalue weighted by atomic mass is 79.9. The van der Waals surface area contributed by atoms with Crippen molar-refractivity contribution in [3.8, 4) is 0 Å². The normalized spacial score (nSPS) is 23.0. The van der Waals surface area contributed by atoms with Crippen LogP contribution in [0.1, 0.15) is 36.8 Å². The van der Waals surface area contributed by atoms with E-state index < -0.39 is 6.29 Å². The molecule has 2 aromatic rings. The van der Waals surface area contributed by atoms with E-state index in [1.165, 1.54) is 5.56 Å². The van der Waals surface area contributed by atoms with Crippen LogP contribution in [0.2, 0.25) is 0 Å². The van der Waals surface area contributed by atoms with Gasteiger partial charge in [0.05, 0.1) is 0 Å². The van der Waals surface area contributed by atoms with E-state index in [1.807, 2.05) is 36.1 Å². The number of piperazine rings is 1. The molecule has 2 aliphatic rings. The number of benzene rings is 2. The molecule has 1 N–H and O–H groups in total. The second-order valence-corrected chi connectivity index (χ2v) is 10.0. The van der Waals surface area contributed by atoms with Gasteiger partial charge < -0.3 is 19.5 Å². The second kappa shape index (κ2) is 12.7. The second-order valence-electron chi connectivity index (χ2n) is 9.13. The molecule has 188 valence electrons. The first-order valence-corrected chi connectivity index (χ1v) is 13.3. The number of carbonyl (C=O) groups is 1. The minimum Gasteiger partial charge on any atom is -0.459 e. The first kappa shape index (κ1) is 25.9. The third-order valence-electron chi connectivity index (χ3n) is 6.79. The van der Waals surface area contributed by atoms with Crippen LogP contribution in [0.3, 0.4) is 0 Å². The van der Waals surface area contributed by atoms with Crippen molar-refractivity contribution in [1.29, 1.82) is 0 Å². The fraction of sp³-hybridized carbons (Fsp3) is 0.464. The van der Waals surface area contributed by atoms with Crippen LogP contribution >= 0.6 is 15.9 Å². The average molecular weight is 544 g/mol. The van der Waals surface area contributed by atoms with Gasteiger partial charge in [-0.2, -0.15) is 0 Å². The van der Waals surface area contributed by atoms with Crippen molar-refractivity contribution in [3.05, 3.63) is 82.0 Å². The molecule has 2 aromatic carbocycles. The Hall–Kier alpha value is -2.19. The van der Waals surface area contributed by atoms with Crippen molar-refractivity contribution in [2.45, 2.75) is 38.5 Å². The SMILES string of the molecule is CCO[C@H]1OC(C(=O)N2CCN(Cc3ccccc3)CC2)=C[C@@H](c2ccc(Br)cc2)[C@H]1CCCO. The van der Waals surface area contributed by atoms with Gasteiger partial charge in [0.2, 0.25) is 6.29 Å². The molecule has 0 unspecified atom stereocenters. The Morgan fingerprint density at radius 3 is 2.46 bits per heavy atom. The summed E-state index contributed by atoms with van der Waals surface area (Å²) in [6.07, 6.45) is 2.85. The molecule has 1 saturated heterocycles. The topological polar surface area (TPSA) is 62.2 Å². The lowest BCUT2D eigenvalue weighted by Gasteiger charge is -2.39. The Labute approximate surface area is 216 Å². The lowest BCUT2D eigenvalue weighted by Crippen LogP contribution is -2.49. The maximum absolute atomic E-state index is 13.5. The molecule has 0 spiro atoms. The van der Waals surface area contributed by atoms with E-state index in [-0.39, 0.29) is 24.3 Å². The number of amides is 1. The zero-order chi connectivity index (χ0) is 24.6. The van der Waals surface area contributed by atoms with Crippen LogP contribution in [0.4, 0.5) is 0 Å². The number of allylic oxidation sites excluding steroid dienone is 1. The van der Waals surface area contributed by atoms with Gasteiger partial charge in [-0.15, -0.1) is 0 Å². The van der Waals surface area contributed by atoms with E-state index in [1.54, 1.807) is 0 Å². The molecule has 4 rings (SSSR count). The molecule has 6 nitrogen and oxygen atoms in total. The number of rotatable bonds is 9. The van der Waals surface area contributed by atoms with Gasteiger partial charge >= 0.3 is 0 Å². The van der Waals surface area contributed by atoms with Gasteiger partial charge in [0.15, 0.2) is 5.76 Å². The third-order valence-corrected chi connectivity index (χ3v) is 7.31. The van der Waals surface area contributed by atoms with Gasteiger partial charge in [-0.25, -0.2) is 0 Å². The Morgan fingerprint density at radius 1 is 1.09 bits per heavy atom. The summed E-state index contributed by atoms with van der Waals surface area (Å²) in [5.74, 6) is 0.283. The summed E-state index contributed by atoms with van der Waals surface area (Å²) in [6, 6.07) is 18.6. The molecule has 0 aliphatic carbocycles. The first-order valence-electron chi connectivity index (χ1n) is 12.5. The lowest BCUT2D eigenvalue weighted by atomic mass is 9.80. The van der Waals surface area contributed by atoms with Crippen molar-refractivity contribution in [1.82, 2.24) is 9.80 Å². The van der Waals surface area contributed by atoms with E-state index in [2.05, 4.69) is 57.2 Å². The molecule has 0 bridgehead atoms. The molecule has 0 saturated carbocycles. The van der Waals surface area contributed by atoms with Crippen molar-refractivity contribution in [2.24, 2.45) is 5.92 Å². The van der Waals surface area contributed by atoms with E-state index in [9.17, 15) is 9.90 Å². The predicted molar refractivity (Wildman–Crippen MR) is 140 cm³/mol. The number of halogens is 1. The van der Waals surface area contributed by atoms with Crippen molar-refractivity contribution in [2.75, 3.05) is 39.4 Å². The Bertz CT molecular complexity index is 974. The molecule has 2 aliphatic heterocycles. The smallest absolute Gasteiger partial charge is 0.288 e. The summed E-state index contributed by atoms with van der Waals surface area (Å²) < 4.78 is 13.2. The molecule has 3 atom stereocenters. The standard InChI is InChI=1S/C28H35BrN2O4/c1-2-34-28-24(9-6-18-32)25(22-10-12-23(29)13-11-22)19-26(35-28)27(33)31-16-14-30(15-17-31)20-21-7-4-3-5-8-21/h3-5,7-8,10-13,19,24-25,28,32H,2,6,9,14-18,20H2,1H3/t24-,25+,28+/m1/s1. The van der Waals surface area contributed by atoms with Crippen molar-refractivity contribution < 1.29 is 19.4 Å². The first-order chi connectivity index (χ1) is 17.1. The quantitative estimate of drug-likeness (QED) is 0.503. The summed E-state index contributed by atoms with van der Waals surface area (Å²) in [4.78, 5) is 17.8. The minimum atomic E-state index is -0.525. The minimum absolute atomic E-state index is 0.0162. The molecule has 2 heterocycles. The fourth-order valence-electron chi connectivity index (χ4n) is 4.93. The van der Waals surface area contributed by atoms with Crippen LogP contribution in [0.5, 0.6) is 0 Å². The summed E-state index contributed by atoms with van der Waals surface area (Å²) in [6.45, 7) is 6.44. The van der Waals surface area contributed by atoms with Gasteiger partial charge in [-0.3, -0.25) is 9.69 Å². The Morgan fingerprint density at radius 2 is 1.80 bits per heavy atom. The van der Waals surface area contributed by atoms with E-state index >= 15 is 0 Å². The largest absolute Gasteiger partial charge is 0.459 e. The number of aliphatic hydroxyl groups excluding tert-OH is 1. The maximum Gasteiger partial charge on any atom is 0.288 e. The lowest BCUT2D eigenvalue weighted by molar-refractivity contribution is -0.171. The summed E-state index contributed by atoms with van der Waals surface area (Å²) in [5, 5.41) is 9.46. The van der Waals surface area contributed by atoms with Gasteiger partial charge in [-0.05, 0) is 49.1 Å². The number of nitrogens with zero attached hydrogens (tertiary/aromatic N) is 2. The average Bonchev–Trinajstić information content (AvgIpc) is 2.89. The molecular weight excluding hydrogens is 508 g/mol. The fourth-order valence-corrected chi connectivity index (χ4v) is 5.19. The van der Waals surface area contributed by atoms with Gasteiger partial charge in [-0.1, -0.05) is 58.4 Å². The monoisotopic (exact) mass is 542 g/mol. The molecular formula is C28H35BrN2O4. The maximum atomic E-state index is 13.5. The molecule has 0 aromatic heterocycles. The molecule has 7 heteroatoms. The number of hydrogen-bond acceptors (Lipinski definition) is 5.